The summed E-state index contributed by atoms with van der Waals surface area (Å²) in [6, 6.07) is 5.10. The molecule has 0 saturated heterocycles. The van der Waals surface area contributed by atoms with Gasteiger partial charge in [-0.3, -0.25) is 4.79 Å². The number of carboxylic acid groups (broad SMARTS) is 1. The molecule has 2 heterocycles. The van der Waals surface area contributed by atoms with E-state index >= 15 is 8.78 Å². The zero-order chi connectivity index (χ0) is 21.3. The number of halogens is 3. The first-order valence-corrected chi connectivity index (χ1v) is 9.76. The van der Waals surface area contributed by atoms with Gasteiger partial charge in [0.15, 0.2) is 11.6 Å². The lowest BCUT2D eigenvalue weighted by molar-refractivity contribution is 0.0695. The number of nitrogen functional groups attached to an aromatic ring is 1. The summed E-state index contributed by atoms with van der Waals surface area (Å²) in [4.78, 5) is 25.7. The molecule has 5 rings (SSSR count). The quantitative estimate of drug-likeness (QED) is 0.610. The van der Waals surface area contributed by atoms with Crippen molar-refractivity contribution in [2.45, 2.75) is 32.0 Å². The van der Waals surface area contributed by atoms with E-state index in [1.807, 2.05) is 0 Å². The van der Waals surface area contributed by atoms with Crippen LogP contribution in [0.2, 0.25) is 5.02 Å². The van der Waals surface area contributed by atoms with Gasteiger partial charge >= 0.3 is 5.97 Å². The second-order valence-electron chi connectivity index (χ2n) is 7.70. The summed E-state index contributed by atoms with van der Waals surface area (Å²) in [6.07, 6.45) is 2.54. The number of benzene rings is 2. The van der Waals surface area contributed by atoms with Gasteiger partial charge in [0.05, 0.1) is 16.6 Å². The van der Waals surface area contributed by atoms with Crippen molar-refractivity contribution in [3.8, 4) is 0 Å². The van der Waals surface area contributed by atoms with Gasteiger partial charge in [0.2, 0.25) is 5.43 Å². The Morgan fingerprint density at radius 3 is 2.53 bits per heavy atom. The molecule has 154 valence electrons. The Balaban J connectivity index is 1.78. The van der Waals surface area contributed by atoms with Crippen molar-refractivity contribution in [1.29, 1.82) is 0 Å². The highest BCUT2D eigenvalue weighted by Crippen LogP contribution is 2.43. The van der Waals surface area contributed by atoms with Crippen molar-refractivity contribution in [2.75, 3.05) is 10.6 Å². The smallest absolute Gasteiger partial charge is 0.341 e. The largest absolute Gasteiger partial charge is 0.477 e. The van der Waals surface area contributed by atoms with Gasteiger partial charge in [-0.1, -0.05) is 17.7 Å². The average molecular weight is 432 g/mol. The second-order valence-corrected chi connectivity index (χ2v) is 8.13. The first-order chi connectivity index (χ1) is 14.3. The van der Waals surface area contributed by atoms with Gasteiger partial charge in [-0.2, -0.15) is 0 Å². The molecule has 3 aromatic rings. The van der Waals surface area contributed by atoms with Crippen molar-refractivity contribution in [3.63, 3.8) is 0 Å². The predicted molar refractivity (Wildman–Crippen MR) is 109 cm³/mol. The molecule has 1 aliphatic carbocycles. The van der Waals surface area contributed by atoms with Gasteiger partial charge in [0.1, 0.15) is 11.3 Å². The molecule has 1 saturated carbocycles. The van der Waals surface area contributed by atoms with Gasteiger partial charge in [0, 0.05) is 30.4 Å². The van der Waals surface area contributed by atoms with Crippen LogP contribution in [-0.4, -0.2) is 15.6 Å². The Kier molecular flexibility index (Phi) is 4.05. The molecule has 1 aromatic heterocycles. The van der Waals surface area contributed by atoms with Crippen LogP contribution in [0.15, 0.2) is 29.2 Å². The number of hydrogen-bond acceptors (Lipinski definition) is 4. The number of carbonyl (C=O) groups is 1. The summed E-state index contributed by atoms with van der Waals surface area (Å²) < 4.78 is 32.4. The minimum atomic E-state index is -1.47. The SMILES string of the molecule is Nc1c(F)c(N2Cc3ccc(Cl)cc3C2)c(F)c2c1c(=O)c(C(=O)O)cn2C1CC1. The maximum Gasteiger partial charge on any atom is 0.341 e. The molecule has 0 unspecified atom stereocenters. The third-order valence-corrected chi connectivity index (χ3v) is 5.98. The predicted octanol–water partition coefficient (Wildman–Crippen LogP) is 4.07. The number of fused-ring (bicyclic) bond motifs is 2. The topological polar surface area (TPSA) is 88.6 Å². The molecule has 0 atom stereocenters. The molecular formula is C21H16ClF2N3O3. The van der Waals surface area contributed by atoms with Crippen LogP contribution >= 0.6 is 11.6 Å². The number of pyridine rings is 1. The monoisotopic (exact) mass is 431 g/mol. The van der Waals surface area contributed by atoms with Crippen LogP contribution in [0.1, 0.15) is 40.4 Å². The summed E-state index contributed by atoms with van der Waals surface area (Å²) in [5.74, 6) is -3.45. The lowest BCUT2D eigenvalue weighted by Gasteiger charge is -2.23. The van der Waals surface area contributed by atoms with E-state index in [2.05, 4.69) is 0 Å². The minimum absolute atomic E-state index is 0.157. The van der Waals surface area contributed by atoms with E-state index in [0.29, 0.717) is 17.9 Å². The molecule has 0 amide bonds. The number of anilines is 2. The van der Waals surface area contributed by atoms with Crippen molar-refractivity contribution in [2.24, 2.45) is 0 Å². The summed E-state index contributed by atoms with van der Waals surface area (Å²) in [5.41, 5.74) is 5.10. The number of aromatic carboxylic acids is 1. The van der Waals surface area contributed by atoms with Crippen LogP contribution in [0.25, 0.3) is 10.9 Å². The van der Waals surface area contributed by atoms with Crippen LogP contribution in [0.4, 0.5) is 20.2 Å². The fraction of sp³-hybridized carbons (Fsp3) is 0.238. The number of aromatic nitrogens is 1. The third-order valence-electron chi connectivity index (χ3n) is 5.74. The normalized spacial score (nSPS) is 15.6. The molecule has 6 nitrogen and oxygen atoms in total. The number of hydrogen-bond donors (Lipinski definition) is 2. The fourth-order valence-corrected chi connectivity index (χ4v) is 4.34. The van der Waals surface area contributed by atoms with Crippen molar-refractivity contribution in [3.05, 3.63) is 68.0 Å². The molecule has 30 heavy (non-hydrogen) atoms. The Hall–Kier alpha value is -3.13. The average Bonchev–Trinajstić information content (AvgIpc) is 3.45. The zero-order valence-electron chi connectivity index (χ0n) is 15.6. The van der Waals surface area contributed by atoms with E-state index in [4.69, 9.17) is 17.3 Å². The second kappa shape index (κ2) is 6.43. The number of nitrogens with zero attached hydrogens (tertiary/aromatic N) is 2. The Labute approximate surface area is 174 Å². The van der Waals surface area contributed by atoms with Gasteiger partial charge in [0.25, 0.3) is 0 Å². The maximum atomic E-state index is 15.8. The third kappa shape index (κ3) is 2.67. The number of nitrogens with two attached hydrogens (primary N) is 1. The van der Waals surface area contributed by atoms with Crippen LogP contribution < -0.4 is 16.1 Å². The number of rotatable bonds is 3. The van der Waals surface area contributed by atoms with Gasteiger partial charge < -0.3 is 20.3 Å². The van der Waals surface area contributed by atoms with Crippen molar-refractivity contribution >= 4 is 39.8 Å². The zero-order valence-corrected chi connectivity index (χ0v) is 16.3. The van der Waals surface area contributed by atoms with Crippen LogP contribution in [0, 0.1) is 11.6 Å². The Morgan fingerprint density at radius 2 is 1.87 bits per heavy atom. The lowest BCUT2D eigenvalue weighted by atomic mass is 10.1. The summed E-state index contributed by atoms with van der Waals surface area (Å²) in [7, 11) is 0. The van der Waals surface area contributed by atoms with Gasteiger partial charge in [-0.25, -0.2) is 13.6 Å². The molecule has 2 aliphatic rings. The minimum Gasteiger partial charge on any atom is -0.477 e. The Morgan fingerprint density at radius 1 is 1.17 bits per heavy atom. The lowest BCUT2D eigenvalue weighted by Crippen LogP contribution is -2.24. The van der Waals surface area contributed by atoms with Crippen LogP contribution in [-0.2, 0) is 13.1 Å². The van der Waals surface area contributed by atoms with E-state index in [0.717, 1.165) is 17.3 Å². The first kappa shape index (κ1) is 18.9. The van der Waals surface area contributed by atoms with Crippen LogP contribution in [0.3, 0.4) is 0 Å². The molecular weight excluding hydrogens is 416 g/mol. The van der Waals surface area contributed by atoms with E-state index in [1.165, 1.54) is 9.47 Å². The van der Waals surface area contributed by atoms with E-state index < -0.39 is 39.7 Å². The van der Waals surface area contributed by atoms with E-state index in [-0.39, 0.29) is 30.3 Å². The molecule has 2 aromatic carbocycles. The summed E-state index contributed by atoms with van der Waals surface area (Å²) in [6.45, 7) is 0.488. The number of carboxylic acids is 1. The first-order valence-electron chi connectivity index (χ1n) is 9.38. The summed E-state index contributed by atoms with van der Waals surface area (Å²) >= 11 is 6.03. The van der Waals surface area contributed by atoms with Crippen molar-refractivity contribution < 1.29 is 18.7 Å². The van der Waals surface area contributed by atoms with Crippen molar-refractivity contribution in [1.82, 2.24) is 4.57 Å². The Bertz CT molecular complexity index is 1320. The molecule has 1 aliphatic heterocycles. The highest BCUT2D eigenvalue weighted by atomic mass is 35.5. The molecule has 9 heteroatoms. The van der Waals surface area contributed by atoms with Gasteiger partial charge in [-0.15, -0.1) is 0 Å². The molecule has 0 spiro atoms. The highest BCUT2D eigenvalue weighted by Gasteiger charge is 2.34. The molecule has 0 radical (unpaired) electrons. The molecule has 0 bridgehead atoms. The van der Waals surface area contributed by atoms with E-state index in [1.54, 1.807) is 18.2 Å². The highest BCUT2D eigenvalue weighted by molar-refractivity contribution is 6.30. The van der Waals surface area contributed by atoms with Gasteiger partial charge in [-0.05, 0) is 36.1 Å². The van der Waals surface area contributed by atoms with Crippen LogP contribution in [0.5, 0.6) is 0 Å². The molecule has 1 fully saturated rings. The standard InChI is InChI=1S/C21H16ClF2N3O3/c22-11-2-1-9-6-26(7-10(9)5-11)19-15(23)17(25)14-18(16(19)24)27(12-3-4-12)8-13(20(14)28)21(29)30/h1-2,5,8,12H,3-4,6-7,25H2,(H,29,30). The summed E-state index contributed by atoms with van der Waals surface area (Å²) in [5, 5.41) is 9.47. The van der Waals surface area contributed by atoms with E-state index in [9.17, 15) is 14.7 Å². The molecule has 3 N–H and O–H groups in total. The maximum absolute atomic E-state index is 15.8. The fourth-order valence-electron chi connectivity index (χ4n) is 4.14.